The Bertz CT molecular complexity index is 3560. The first-order chi connectivity index (χ1) is 30.2. The van der Waals surface area contributed by atoms with Gasteiger partial charge in [-0.2, -0.15) is 0 Å². The maximum atomic E-state index is 6.36. The monoisotopic (exact) mass is 780 g/mol. The van der Waals surface area contributed by atoms with E-state index in [0.29, 0.717) is 5.89 Å². The fraction of sp³-hybridized carbons (Fsp3) is 0.0357. The third-order valence-corrected chi connectivity index (χ3v) is 12.7. The van der Waals surface area contributed by atoms with Gasteiger partial charge in [-0.15, -0.1) is 0 Å². The Kier molecular flexibility index (Phi) is 7.36. The molecule has 0 radical (unpaired) electrons. The molecule has 1 aliphatic heterocycles. The Hall–Kier alpha value is -8.02. The number of nitrogens with zero attached hydrogens (tertiary/aromatic N) is 4. The van der Waals surface area contributed by atoms with Crippen LogP contribution >= 0.6 is 0 Å². The third-order valence-electron chi connectivity index (χ3n) is 12.7. The first-order valence-corrected chi connectivity index (χ1v) is 20.9. The molecule has 3 aromatic heterocycles. The predicted octanol–water partition coefficient (Wildman–Crippen LogP) is 14.4. The SMILES string of the molecule is C1=CC2c3ccccc3N(c3cc(-c4ccc(-c5nc6ccccc6c6c5ccc5oc(-c7ccccc7)nc56)cc4)cc(-n4c5ccccc5c5ccccc54)c3)C2C=C1. The van der Waals surface area contributed by atoms with Gasteiger partial charge in [-0.3, -0.25) is 0 Å². The number of oxazole rings is 1. The van der Waals surface area contributed by atoms with Crippen LogP contribution in [0.2, 0.25) is 0 Å². The van der Waals surface area contributed by atoms with Crippen LogP contribution in [0.3, 0.4) is 0 Å². The largest absolute Gasteiger partial charge is 0.436 e. The summed E-state index contributed by atoms with van der Waals surface area (Å²) < 4.78 is 8.79. The van der Waals surface area contributed by atoms with Gasteiger partial charge in [0.15, 0.2) is 5.58 Å². The molecule has 5 nitrogen and oxygen atoms in total. The van der Waals surface area contributed by atoms with E-state index >= 15 is 0 Å². The van der Waals surface area contributed by atoms with Crippen LogP contribution < -0.4 is 4.90 Å². The van der Waals surface area contributed by atoms with E-state index < -0.39 is 0 Å². The second-order valence-electron chi connectivity index (χ2n) is 16.1. The molecule has 0 saturated heterocycles. The molecule has 0 fully saturated rings. The summed E-state index contributed by atoms with van der Waals surface area (Å²) in [4.78, 5) is 12.9. The van der Waals surface area contributed by atoms with Gasteiger partial charge in [-0.1, -0.05) is 140 Å². The Labute approximate surface area is 351 Å². The molecule has 0 bridgehead atoms. The molecule has 11 aromatic rings. The van der Waals surface area contributed by atoms with Crippen molar-refractivity contribution in [3.8, 4) is 39.5 Å². The number of allylic oxidation sites excluding steroid dienone is 2. The van der Waals surface area contributed by atoms with Gasteiger partial charge in [0.2, 0.25) is 5.89 Å². The van der Waals surface area contributed by atoms with Crippen molar-refractivity contribution in [3.05, 3.63) is 212 Å². The van der Waals surface area contributed by atoms with E-state index in [2.05, 4.69) is 179 Å². The molecule has 286 valence electrons. The topological polar surface area (TPSA) is 47.1 Å². The number of rotatable bonds is 5. The molecular formula is C56H36N4O. The maximum absolute atomic E-state index is 6.36. The van der Waals surface area contributed by atoms with Crippen molar-refractivity contribution >= 4 is 66.0 Å². The predicted molar refractivity (Wildman–Crippen MR) is 251 cm³/mol. The zero-order valence-corrected chi connectivity index (χ0v) is 33.0. The van der Waals surface area contributed by atoms with E-state index in [-0.39, 0.29) is 12.0 Å². The van der Waals surface area contributed by atoms with Crippen molar-refractivity contribution in [3.63, 3.8) is 0 Å². The zero-order chi connectivity index (χ0) is 40.0. The van der Waals surface area contributed by atoms with Crippen LogP contribution in [-0.4, -0.2) is 20.6 Å². The number of anilines is 2. The molecule has 0 amide bonds. The smallest absolute Gasteiger partial charge is 0.227 e. The van der Waals surface area contributed by atoms with Crippen LogP contribution in [0.25, 0.3) is 94.1 Å². The van der Waals surface area contributed by atoms with E-state index in [1.165, 1.54) is 33.1 Å². The molecule has 8 aromatic carbocycles. The van der Waals surface area contributed by atoms with Gasteiger partial charge in [0, 0.05) is 61.0 Å². The summed E-state index contributed by atoms with van der Waals surface area (Å²) in [5, 5.41) is 5.64. The van der Waals surface area contributed by atoms with E-state index in [0.717, 1.165) is 72.1 Å². The van der Waals surface area contributed by atoms with Crippen LogP contribution in [0.15, 0.2) is 211 Å². The van der Waals surface area contributed by atoms with Gasteiger partial charge < -0.3 is 13.9 Å². The van der Waals surface area contributed by atoms with Gasteiger partial charge in [-0.25, -0.2) is 9.97 Å². The van der Waals surface area contributed by atoms with E-state index in [4.69, 9.17) is 14.4 Å². The van der Waals surface area contributed by atoms with Crippen molar-refractivity contribution in [1.82, 2.24) is 14.5 Å². The van der Waals surface area contributed by atoms with Crippen molar-refractivity contribution in [2.75, 3.05) is 4.90 Å². The Morgan fingerprint density at radius 1 is 0.475 bits per heavy atom. The summed E-state index contributed by atoms with van der Waals surface area (Å²) >= 11 is 0. The highest BCUT2D eigenvalue weighted by Crippen LogP contribution is 2.49. The molecule has 13 rings (SSSR count). The van der Waals surface area contributed by atoms with E-state index in [1.54, 1.807) is 0 Å². The summed E-state index contributed by atoms with van der Waals surface area (Å²) in [6, 6.07) is 65.2. The number of benzene rings is 8. The van der Waals surface area contributed by atoms with Crippen molar-refractivity contribution in [1.29, 1.82) is 0 Å². The first-order valence-electron chi connectivity index (χ1n) is 20.9. The van der Waals surface area contributed by atoms with Crippen LogP contribution in [-0.2, 0) is 0 Å². The number of hydrogen-bond acceptors (Lipinski definition) is 4. The van der Waals surface area contributed by atoms with Crippen LogP contribution in [0, 0.1) is 0 Å². The minimum atomic E-state index is 0.179. The number of para-hydroxylation sites is 4. The number of aromatic nitrogens is 3. The van der Waals surface area contributed by atoms with Crippen molar-refractivity contribution < 1.29 is 4.42 Å². The second-order valence-corrected chi connectivity index (χ2v) is 16.1. The first kappa shape index (κ1) is 33.9. The van der Waals surface area contributed by atoms with Gasteiger partial charge in [0.05, 0.1) is 28.3 Å². The van der Waals surface area contributed by atoms with Gasteiger partial charge >= 0.3 is 0 Å². The van der Waals surface area contributed by atoms with Gasteiger partial charge in [0.25, 0.3) is 0 Å². The Morgan fingerprint density at radius 3 is 1.97 bits per heavy atom. The molecular weight excluding hydrogens is 745 g/mol. The van der Waals surface area contributed by atoms with Crippen LogP contribution in [0.4, 0.5) is 11.4 Å². The minimum Gasteiger partial charge on any atom is -0.436 e. The van der Waals surface area contributed by atoms with Gasteiger partial charge in [0.1, 0.15) is 5.52 Å². The number of hydrogen-bond donors (Lipinski definition) is 0. The second kappa shape index (κ2) is 13.2. The molecule has 0 spiro atoms. The Morgan fingerprint density at radius 2 is 1.15 bits per heavy atom. The molecule has 1 aliphatic carbocycles. The fourth-order valence-electron chi connectivity index (χ4n) is 9.99. The third kappa shape index (κ3) is 5.20. The summed E-state index contributed by atoms with van der Waals surface area (Å²) in [6.07, 6.45) is 9.08. The fourth-order valence-corrected chi connectivity index (χ4v) is 9.99. The normalized spacial score (nSPS) is 15.7. The minimum absolute atomic E-state index is 0.179. The molecule has 2 unspecified atom stereocenters. The highest BCUT2D eigenvalue weighted by molar-refractivity contribution is 6.20. The average molecular weight is 781 g/mol. The lowest BCUT2D eigenvalue weighted by molar-refractivity contribution is 0.620. The van der Waals surface area contributed by atoms with Gasteiger partial charge in [-0.05, 0) is 83.4 Å². The van der Waals surface area contributed by atoms with Crippen LogP contribution in [0.5, 0.6) is 0 Å². The number of pyridine rings is 1. The van der Waals surface area contributed by atoms with Crippen molar-refractivity contribution in [2.45, 2.75) is 12.0 Å². The molecule has 5 heteroatoms. The summed E-state index contributed by atoms with van der Waals surface area (Å²) in [5.74, 6) is 0.898. The average Bonchev–Trinajstić information content (AvgIpc) is 4.02. The van der Waals surface area contributed by atoms with E-state index in [1.807, 2.05) is 36.4 Å². The number of fused-ring (bicyclic) bond motifs is 11. The van der Waals surface area contributed by atoms with Crippen LogP contribution in [0.1, 0.15) is 11.5 Å². The summed E-state index contributed by atoms with van der Waals surface area (Å²) in [6.45, 7) is 0. The molecule has 0 saturated carbocycles. The molecule has 61 heavy (non-hydrogen) atoms. The highest BCUT2D eigenvalue weighted by atomic mass is 16.3. The van der Waals surface area contributed by atoms with Crippen molar-refractivity contribution in [2.24, 2.45) is 0 Å². The molecule has 2 atom stereocenters. The molecule has 0 N–H and O–H groups in total. The lowest BCUT2D eigenvalue weighted by Crippen LogP contribution is -2.28. The van der Waals surface area contributed by atoms with E-state index in [9.17, 15) is 0 Å². The zero-order valence-electron chi connectivity index (χ0n) is 33.0. The Balaban J connectivity index is 0.993. The maximum Gasteiger partial charge on any atom is 0.227 e. The lowest BCUT2D eigenvalue weighted by Gasteiger charge is -2.30. The lowest BCUT2D eigenvalue weighted by atomic mass is 9.91. The quantitative estimate of drug-likeness (QED) is 0.163. The standard InChI is InChI=1S/C56H36N4O/c1-2-14-37(15-3-1)56-58-55-52(61-56)31-30-46-53(55)45-20-4-9-21-47(45)57-54(46)36-28-26-35(27-29-36)38-32-39(59-48-22-10-5-16-41(48)42-17-6-11-23-49(42)59)34-40(33-38)60-50-24-12-7-18-43(50)44-19-8-13-25-51(44)60/h1-34,41,48H. The molecule has 4 heterocycles. The summed E-state index contributed by atoms with van der Waals surface area (Å²) in [5.41, 5.74) is 15.0. The molecule has 2 aliphatic rings. The summed E-state index contributed by atoms with van der Waals surface area (Å²) in [7, 11) is 0. The highest BCUT2D eigenvalue weighted by Gasteiger charge is 2.37.